The largest absolute Gasteiger partial charge is 0.363 e. The summed E-state index contributed by atoms with van der Waals surface area (Å²) in [5.41, 5.74) is 1.56. The molecule has 0 saturated carbocycles. The van der Waals surface area contributed by atoms with Crippen molar-refractivity contribution < 1.29 is 4.92 Å². The van der Waals surface area contributed by atoms with Gasteiger partial charge in [-0.3, -0.25) is 10.1 Å². The summed E-state index contributed by atoms with van der Waals surface area (Å²) >= 11 is 6.08. The van der Waals surface area contributed by atoms with E-state index < -0.39 is 0 Å². The molecule has 1 aliphatic rings. The molecular weight excluding hydrogens is 254 g/mol. The van der Waals surface area contributed by atoms with Crippen molar-refractivity contribution in [1.82, 2.24) is 5.32 Å². The maximum atomic E-state index is 11.1. The van der Waals surface area contributed by atoms with E-state index in [2.05, 4.69) is 12.2 Å². The number of nitro benzene ring substituents is 1. The van der Waals surface area contributed by atoms with Gasteiger partial charge in [0.1, 0.15) is 5.69 Å². The summed E-state index contributed by atoms with van der Waals surface area (Å²) < 4.78 is 0. The second-order valence-corrected chi connectivity index (χ2v) is 5.01. The fourth-order valence-electron chi connectivity index (χ4n) is 2.34. The highest BCUT2D eigenvalue weighted by Gasteiger charge is 2.26. The third-order valence-electron chi connectivity index (χ3n) is 3.23. The molecule has 1 heterocycles. The number of nitro groups is 1. The maximum Gasteiger partial charge on any atom is 0.292 e. The van der Waals surface area contributed by atoms with Gasteiger partial charge in [-0.05, 0) is 25.5 Å². The van der Waals surface area contributed by atoms with Crippen LogP contribution in [0.5, 0.6) is 0 Å². The zero-order valence-corrected chi connectivity index (χ0v) is 11.2. The van der Waals surface area contributed by atoms with Crippen LogP contribution in [0.25, 0.3) is 0 Å². The third-order valence-corrected chi connectivity index (χ3v) is 3.63. The van der Waals surface area contributed by atoms with E-state index in [-0.39, 0.29) is 10.6 Å². The first-order chi connectivity index (χ1) is 8.50. The highest BCUT2D eigenvalue weighted by atomic mass is 35.5. The summed E-state index contributed by atoms with van der Waals surface area (Å²) in [6.07, 6.45) is 0. The average molecular weight is 270 g/mol. The number of hydrogen-bond donors (Lipinski definition) is 1. The van der Waals surface area contributed by atoms with Gasteiger partial charge < -0.3 is 10.2 Å². The summed E-state index contributed by atoms with van der Waals surface area (Å²) in [4.78, 5) is 12.8. The molecule has 1 atom stereocenters. The molecular formula is C12H16ClN3O2. The molecule has 2 rings (SSSR count). The maximum absolute atomic E-state index is 11.1. The van der Waals surface area contributed by atoms with Crippen molar-refractivity contribution >= 4 is 23.0 Å². The zero-order chi connectivity index (χ0) is 13.3. The number of piperazine rings is 1. The van der Waals surface area contributed by atoms with Crippen LogP contribution in [0.1, 0.15) is 12.5 Å². The van der Waals surface area contributed by atoms with Gasteiger partial charge in [-0.1, -0.05) is 11.6 Å². The molecule has 1 fully saturated rings. The van der Waals surface area contributed by atoms with E-state index in [1.54, 1.807) is 6.07 Å². The molecule has 0 bridgehead atoms. The summed E-state index contributed by atoms with van der Waals surface area (Å²) in [5, 5.41) is 15.0. The van der Waals surface area contributed by atoms with Gasteiger partial charge in [0.05, 0.1) is 4.92 Å². The fraction of sp³-hybridized carbons (Fsp3) is 0.500. The first kappa shape index (κ1) is 13.1. The molecule has 0 amide bonds. The lowest BCUT2D eigenvalue weighted by Gasteiger charge is -2.34. The lowest BCUT2D eigenvalue weighted by atomic mass is 10.1. The Kier molecular flexibility index (Phi) is 3.73. The smallest absolute Gasteiger partial charge is 0.292 e. The van der Waals surface area contributed by atoms with Crippen molar-refractivity contribution in [3.63, 3.8) is 0 Å². The van der Waals surface area contributed by atoms with E-state index in [1.807, 2.05) is 11.8 Å². The van der Waals surface area contributed by atoms with Crippen molar-refractivity contribution in [3.05, 3.63) is 32.8 Å². The van der Waals surface area contributed by atoms with E-state index in [9.17, 15) is 10.1 Å². The number of nitrogens with one attached hydrogen (secondary N) is 1. The molecule has 0 unspecified atom stereocenters. The molecule has 0 aromatic heterocycles. The fourth-order valence-corrected chi connectivity index (χ4v) is 2.50. The lowest BCUT2D eigenvalue weighted by molar-refractivity contribution is -0.384. The highest BCUT2D eigenvalue weighted by molar-refractivity contribution is 6.31. The minimum atomic E-state index is -0.342. The van der Waals surface area contributed by atoms with Crippen LogP contribution >= 0.6 is 11.6 Å². The topological polar surface area (TPSA) is 58.4 Å². The lowest BCUT2D eigenvalue weighted by Crippen LogP contribution is -2.49. The first-order valence-corrected chi connectivity index (χ1v) is 6.30. The third kappa shape index (κ3) is 2.42. The van der Waals surface area contributed by atoms with Crippen LogP contribution in [0.3, 0.4) is 0 Å². The molecule has 1 aromatic carbocycles. The summed E-state index contributed by atoms with van der Waals surface area (Å²) in [6, 6.07) is 3.39. The van der Waals surface area contributed by atoms with Gasteiger partial charge in [0.15, 0.2) is 0 Å². The molecule has 1 N–H and O–H groups in total. The molecule has 6 heteroatoms. The van der Waals surface area contributed by atoms with Gasteiger partial charge in [-0.2, -0.15) is 0 Å². The van der Waals surface area contributed by atoms with Crippen LogP contribution in [0.15, 0.2) is 12.1 Å². The molecule has 1 aromatic rings. The van der Waals surface area contributed by atoms with Gasteiger partial charge in [0.2, 0.25) is 0 Å². The first-order valence-electron chi connectivity index (χ1n) is 5.92. The van der Waals surface area contributed by atoms with E-state index in [4.69, 9.17) is 11.6 Å². The standard InChI is InChI=1S/C12H16ClN3O2/c1-8-7-15(6-5-14-8)12-9(2)10(13)3-4-11(12)16(17)18/h3-4,8,14H,5-7H2,1-2H3/t8-/m1/s1. The molecule has 0 aliphatic carbocycles. The number of nitrogens with zero attached hydrogens (tertiary/aromatic N) is 2. The predicted octanol–water partition coefficient (Wildman–Crippen LogP) is 2.35. The number of rotatable bonds is 2. The minimum Gasteiger partial charge on any atom is -0.363 e. The quantitative estimate of drug-likeness (QED) is 0.661. The van der Waals surface area contributed by atoms with Crippen molar-refractivity contribution in [2.75, 3.05) is 24.5 Å². The molecule has 0 spiro atoms. The number of anilines is 1. The van der Waals surface area contributed by atoms with Crippen molar-refractivity contribution in [3.8, 4) is 0 Å². The average Bonchev–Trinajstić information content (AvgIpc) is 2.32. The van der Waals surface area contributed by atoms with Crippen LogP contribution in [0.2, 0.25) is 5.02 Å². The van der Waals surface area contributed by atoms with E-state index >= 15 is 0 Å². The van der Waals surface area contributed by atoms with Gasteiger partial charge in [-0.15, -0.1) is 0 Å². The van der Waals surface area contributed by atoms with Crippen LogP contribution in [-0.4, -0.2) is 30.6 Å². The minimum absolute atomic E-state index is 0.131. The Labute approximate surface area is 111 Å². The molecule has 1 saturated heterocycles. The van der Waals surface area contributed by atoms with E-state index in [0.717, 1.165) is 25.2 Å². The second kappa shape index (κ2) is 5.12. The van der Waals surface area contributed by atoms with Crippen LogP contribution in [0.4, 0.5) is 11.4 Å². The monoisotopic (exact) mass is 269 g/mol. The van der Waals surface area contributed by atoms with Crippen molar-refractivity contribution in [2.24, 2.45) is 0 Å². The number of hydrogen-bond acceptors (Lipinski definition) is 4. The van der Waals surface area contributed by atoms with E-state index in [1.165, 1.54) is 6.07 Å². The Balaban J connectivity index is 2.46. The van der Waals surface area contributed by atoms with Crippen LogP contribution < -0.4 is 10.2 Å². The Morgan fingerprint density at radius 3 is 2.89 bits per heavy atom. The molecule has 1 aliphatic heterocycles. The van der Waals surface area contributed by atoms with Crippen LogP contribution in [0, 0.1) is 17.0 Å². The van der Waals surface area contributed by atoms with Gasteiger partial charge >= 0.3 is 0 Å². The Hall–Kier alpha value is -1.33. The van der Waals surface area contributed by atoms with Gasteiger partial charge in [0.25, 0.3) is 5.69 Å². The van der Waals surface area contributed by atoms with Crippen molar-refractivity contribution in [1.29, 1.82) is 0 Å². The summed E-state index contributed by atoms with van der Waals surface area (Å²) in [5.74, 6) is 0. The molecule has 18 heavy (non-hydrogen) atoms. The SMILES string of the molecule is Cc1c(Cl)ccc([N+](=O)[O-])c1N1CCN[C@H](C)C1. The molecule has 98 valence electrons. The second-order valence-electron chi connectivity index (χ2n) is 4.60. The van der Waals surface area contributed by atoms with Gasteiger partial charge in [-0.25, -0.2) is 0 Å². The summed E-state index contributed by atoms with van der Waals surface area (Å²) in [6.45, 7) is 6.23. The Morgan fingerprint density at radius 1 is 1.56 bits per heavy atom. The Morgan fingerprint density at radius 2 is 2.28 bits per heavy atom. The Bertz CT molecular complexity index is 479. The molecule has 0 radical (unpaired) electrons. The normalized spacial score (nSPS) is 19.9. The zero-order valence-electron chi connectivity index (χ0n) is 10.4. The van der Waals surface area contributed by atoms with E-state index in [0.29, 0.717) is 16.8 Å². The highest BCUT2D eigenvalue weighted by Crippen LogP contribution is 2.36. The number of benzene rings is 1. The number of halogens is 1. The molecule has 5 nitrogen and oxygen atoms in total. The van der Waals surface area contributed by atoms with Crippen molar-refractivity contribution in [2.45, 2.75) is 19.9 Å². The van der Waals surface area contributed by atoms with Gasteiger partial charge in [0, 0.05) is 36.8 Å². The predicted molar refractivity (Wildman–Crippen MR) is 72.5 cm³/mol. The van der Waals surface area contributed by atoms with Crippen LogP contribution in [-0.2, 0) is 0 Å². The summed E-state index contributed by atoms with van der Waals surface area (Å²) in [7, 11) is 0.